The highest BCUT2D eigenvalue weighted by Crippen LogP contribution is 2.40. The van der Waals surface area contributed by atoms with Gasteiger partial charge in [-0.25, -0.2) is 4.39 Å². The molecular weight excluding hydrogens is 399 g/mol. The molecule has 162 valence electrons. The SMILES string of the molecule is C=CCOc1cccc([C@H]2C(=C(O)c3ccc(F)cc3)C(=O)C(=O)N2CCN(C)C)c1. The standard InChI is InChI=1S/C24H25FN2O4/c1-4-14-31-19-7-5-6-17(15-19)21-20(22(28)16-8-10-18(25)11-9-16)23(29)24(30)27(21)13-12-26(2)3/h4-11,15,21,28H,1,12-14H2,2-3H3/t21-/m0/s1. The summed E-state index contributed by atoms with van der Waals surface area (Å²) >= 11 is 0. The number of benzene rings is 2. The van der Waals surface area contributed by atoms with Crippen LogP contribution in [-0.4, -0.2) is 60.4 Å². The highest BCUT2D eigenvalue weighted by Gasteiger charge is 2.46. The van der Waals surface area contributed by atoms with E-state index in [9.17, 15) is 19.1 Å². The van der Waals surface area contributed by atoms with Crippen molar-refractivity contribution in [2.75, 3.05) is 33.8 Å². The van der Waals surface area contributed by atoms with E-state index in [0.29, 0.717) is 31.0 Å². The molecule has 0 aromatic heterocycles. The van der Waals surface area contributed by atoms with E-state index in [-0.39, 0.29) is 16.9 Å². The molecule has 1 aliphatic rings. The molecule has 0 saturated carbocycles. The second kappa shape index (κ2) is 9.57. The fourth-order valence-corrected chi connectivity index (χ4v) is 3.46. The lowest BCUT2D eigenvalue weighted by atomic mass is 9.95. The first-order valence-corrected chi connectivity index (χ1v) is 9.86. The highest BCUT2D eigenvalue weighted by molar-refractivity contribution is 6.46. The number of Topliss-reactive ketones (excluding diaryl/α,β-unsaturated/α-hetero) is 1. The molecule has 1 heterocycles. The van der Waals surface area contributed by atoms with Crippen LogP contribution in [0.5, 0.6) is 5.75 Å². The van der Waals surface area contributed by atoms with Crippen molar-refractivity contribution in [1.82, 2.24) is 9.80 Å². The van der Waals surface area contributed by atoms with Gasteiger partial charge in [-0.1, -0.05) is 24.8 Å². The number of likely N-dealkylation sites (N-methyl/N-ethyl adjacent to an activating group) is 1. The summed E-state index contributed by atoms with van der Waals surface area (Å²) < 4.78 is 18.9. The molecule has 1 amide bonds. The lowest BCUT2D eigenvalue weighted by Gasteiger charge is -2.26. The molecule has 6 nitrogen and oxygen atoms in total. The molecule has 0 radical (unpaired) electrons. The van der Waals surface area contributed by atoms with E-state index >= 15 is 0 Å². The number of amides is 1. The van der Waals surface area contributed by atoms with Gasteiger partial charge in [0.25, 0.3) is 11.7 Å². The zero-order valence-corrected chi connectivity index (χ0v) is 17.5. The minimum absolute atomic E-state index is 0.0313. The molecule has 31 heavy (non-hydrogen) atoms. The molecule has 0 unspecified atom stereocenters. The lowest BCUT2D eigenvalue weighted by Crippen LogP contribution is -2.35. The van der Waals surface area contributed by atoms with E-state index in [2.05, 4.69) is 6.58 Å². The summed E-state index contributed by atoms with van der Waals surface area (Å²) in [5.41, 5.74) is 0.857. The van der Waals surface area contributed by atoms with Crippen LogP contribution in [-0.2, 0) is 9.59 Å². The van der Waals surface area contributed by atoms with Crippen LogP contribution < -0.4 is 4.74 Å². The van der Waals surface area contributed by atoms with Crippen molar-refractivity contribution in [1.29, 1.82) is 0 Å². The van der Waals surface area contributed by atoms with Gasteiger partial charge in [-0.05, 0) is 56.1 Å². The number of ketones is 1. The van der Waals surface area contributed by atoms with E-state index in [1.165, 1.54) is 29.2 Å². The predicted molar refractivity (Wildman–Crippen MR) is 116 cm³/mol. The number of hydrogen-bond acceptors (Lipinski definition) is 5. The Bertz CT molecular complexity index is 1010. The third kappa shape index (κ3) is 4.83. The zero-order valence-electron chi connectivity index (χ0n) is 17.5. The maximum absolute atomic E-state index is 13.3. The van der Waals surface area contributed by atoms with Crippen LogP contribution in [0.4, 0.5) is 4.39 Å². The Kier molecular flexibility index (Phi) is 6.87. The van der Waals surface area contributed by atoms with Gasteiger partial charge in [0.2, 0.25) is 0 Å². The molecule has 3 rings (SSSR count). The fraction of sp³-hybridized carbons (Fsp3) is 0.250. The third-order valence-electron chi connectivity index (χ3n) is 4.99. The maximum Gasteiger partial charge on any atom is 0.295 e. The Balaban J connectivity index is 2.12. The molecule has 2 aromatic rings. The summed E-state index contributed by atoms with van der Waals surface area (Å²) in [4.78, 5) is 29.2. The summed E-state index contributed by atoms with van der Waals surface area (Å²) in [5.74, 6) is -1.71. The average molecular weight is 424 g/mol. The van der Waals surface area contributed by atoms with Gasteiger partial charge < -0.3 is 19.6 Å². The summed E-state index contributed by atoms with van der Waals surface area (Å²) in [6, 6.07) is 11.4. The van der Waals surface area contributed by atoms with Gasteiger partial charge in [-0.2, -0.15) is 0 Å². The largest absolute Gasteiger partial charge is 0.507 e. The van der Waals surface area contributed by atoms with Gasteiger partial charge in [-0.15, -0.1) is 0 Å². The molecular formula is C24H25FN2O4. The number of ether oxygens (including phenoxy) is 1. The van der Waals surface area contributed by atoms with Gasteiger partial charge >= 0.3 is 0 Å². The monoisotopic (exact) mass is 424 g/mol. The van der Waals surface area contributed by atoms with Crippen molar-refractivity contribution >= 4 is 17.4 Å². The Morgan fingerprint density at radius 2 is 1.94 bits per heavy atom. The fourth-order valence-electron chi connectivity index (χ4n) is 3.46. The molecule has 0 spiro atoms. The van der Waals surface area contributed by atoms with Crippen molar-refractivity contribution < 1.29 is 23.8 Å². The summed E-state index contributed by atoms with van der Waals surface area (Å²) in [6.07, 6.45) is 1.62. The number of hydrogen-bond donors (Lipinski definition) is 1. The number of carbonyl (C=O) groups excluding carboxylic acids is 2. The summed E-state index contributed by atoms with van der Waals surface area (Å²) in [7, 11) is 3.74. The van der Waals surface area contributed by atoms with E-state index in [1.807, 2.05) is 19.0 Å². The summed E-state index contributed by atoms with van der Waals surface area (Å²) in [6.45, 7) is 4.76. The Morgan fingerprint density at radius 3 is 2.58 bits per heavy atom. The Morgan fingerprint density at radius 1 is 1.23 bits per heavy atom. The minimum Gasteiger partial charge on any atom is -0.507 e. The maximum atomic E-state index is 13.3. The first-order chi connectivity index (χ1) is 14.8. The highest BCUT2D eigenvalue weighted by atomic mass is 19.1. The molecule has 2 aromatic carbocycles. The third-order valence-corrected chi connectivity index (χ3v) is 4.99. The number of halogens is 1. The lowest BCUT2D eigenvalue weighted by molar-refractivity contribution is -0.140. The van der Waals surface area contributed by atoms with E-state index in [4.69, 9.17) is 4.74 Å². The zero-order chi connectivity index (χ0) is 22.5. The molecule has 1 saturated heterocycles. The quantitative estimate of drug-likeness (QED) is 0.305. The first kappa shape index (κ1) is 22.2. The number of likely N-dealkylation sites (tertiary alicyclic amines) is 1. The van der Waals surface area contributed by atoms with Gasteiger partial charge in [0.05, 0.1) is 11.6 Å². The van der Waals surface area contributed by atoms with Gasteiger partial charge in [0, 0.05) is 18.7 Å². The van der Waals surface area contributed by atoms with Crippen LogP contribution in [0.3, 0.4) is 0 Å². The van der Waals surface area contributed by atoms with Gasteiger partial charge in [0.1, 0.15) is 23.9 Å². The number of carbonyl (C=O) groups is 2. The molecule has 1 fully saturated rings. The van der Waals surface area contributed by atoms with Crippen LogP contribution in [0.25, 0.3) is 5.76 Å². The predicted octanol–water partition coefficient (Wildman–Crippen LogP) is 3.37. The topological polar surface area (TPSA) is 70.1 Å². The second-order valence-corrected chi connectivity index (χ2v) is 7.47. The molecule has 0 bridgehead atoms. The van der Waals surface area contributed by atoms with Crippen molar-refractivity contribution in [3.05, 3.63) is 83.7 Å². The van der Waals surface area contributed by atoms with E-state index in [1.54, 1.807) is 30.3 Å². The van der Waals surface area contributed by atoms with Crippen LogP contribution in [0, 0.1) is 5.82 Å². The molecule has 1 atom stereocenters. The molecule has 7 heteroatoms. The number of aliphatic hydroxyl groups excluding tert-OH is 1. The van der Waals surface area contributed by atoms with Crippen LogP contribution >= 0.6 is 0 Å². The molecule has 1 N–H and O–H groups in total. The molecule has 1 aliphatic heterocycles. The minimum atomic E-state index is -0.794. The summed E-state index contributed by atoms with van der Waals surface area (Å²) in [5, 5.41) is 10.9. The normalized spacial score (nSPS) is 17.9. The van der Waals surface area contributed by atoms with Crippen LogP contribution in [0.15, 0.2) is 66.8 Å². The van der Waals surface area contributed by atoms with E-state index < -0.39 is 23.5 Å². The second-order valence-electron chi connectivity index (χ2n) is 7.47. The van der Waals surface area contributed by atoms with Crippen LogP contribution in [0.2, 0.25) is 0 Å². The average Bonchev–Trinajstić information content (AvgIpc) is 3.01. The van der Waals surface area contributed by atoms with Crippen molar-refractivity contribution in [2.24, 2.45) is 0 Å². The molecule has 0 aliphatic carbocycles. The van der Waals surface area contributed by atoms with Gasteiger partial charge in [-0.3, -0.25) is 9.59 Å². The number of aliphatic hydroxyl groups is 1. The Hall–Kier alpha value is -3.45. The van der Waals surface area contributed by atoms with Gasteiger partial charge in [0.15, 0.2) is 0 Å². The van der Waals surface area contributed by atoms with Crippen LogP contribution in [0.1, 0.15) is 17.2 Å². The van der Waals surface area contributed by atoms with E-state index in [0.717, 1.165) is 0 Å². The van der Waals surface area contributed by atoms with Crippen molar-refractivity contribution in [2.45, 2.75) is 6.04 Å². The number of rotatable bonds is 8. The first-order valence-electron chi connectivity index (χ1n) is 9.86. The Labute approximate surface area is 180 Å². The number of nitrogens with zero attached hydrogens (tertiary/aromatic N) is 2. The van der Waals surface area contributed by atoms with Crippen molar-refractivity contribution in [3.8, 4) is 5.75 Å². The smallest absolute Gasteiger partial charge is 0.295 e. The van der Waals surface area contributed by atoms with Crippen molar-refractivity contribution in [3.63, 3.8) is 0 Å².